The minimum absolute atomic E-state index is 0.430. The van der Waals surface area contributed by atoms with Crippen LogP contribution >= 0.6 is 0 Å². The highest BCUT2D eigenvalue weighted by Crippen LogP contribution is 2.15. The van der Waals surface area contributed by atoms with Crippen molar-refractivity contribution in [1.29, 1.82) is 0 Å². The predicted molar refractivity (Wildman–Crippen MR) is 109 cm³/mol. The second-order valence-electron chi connectivity index (χ2n) is 7.28. The van der Waals surface area contributed by atoms with Gasteiger partial charge in [-0.25, -0.2) is 0 Å². The van der Waals surface area contributed by atoms with Gasteiger partial charge in [0, 0.05) is 0 Å². The van der Waals surface area contributed by atoms with E-state index in [1.54, 1.807) is 0 Å². The maximum absolute atomic E-state index is 11.5. The van der Waals surface area contributed by atoms with Gasteiger partial charge in [-0.05, 0) is 73.6 Å². The van der Waals surface area contributed by atoms with Gasteiger partial charge < -0.3 is 0 Å². The molecule has 4 heteroatoms. The van der Waals surface area contributed by atoms with Gasteiger partial charge in [-0.1, -0.05) is 46.6 Å². The number of hydrogen-bond acceptors (Lipinski definition) is 3. The van der Waals surface area contributed by atoms with Gasteiger partial charge in [0.1, 0.15) is 0 Å². The summed E-state index contributed by atoms with van der Waals surface area (Å²) < 4.78 is 28.3. The third-order valence-electron chi connectivity index (χ3n) is 3.65. The molecule has 1 unspecified atom stereocenters. The van der Waals surface area contributed by atoms with Gasteiger partial charge in [0.15, 0.2) is 0 Å². The molecule has 0 fully saturated rings. The zero-order chi connectivity index (χ0) is 19.5. The standard InChI is InChI=1S/C21H36O3S/c1-17(2)10-8-12-19(5)14-15-21(24-25(7,22)23)16-20(6)13-9-11-18(3)4/h10-11,14,16,21H,8-9,12-13,15H2,1-7H3/b19-14+,20-16+. The fraction of sp³-hybridized carbons (Fsp3) is 0.619. The van der Waals surface area contributed by atoms with Crippen LogP contribution in [0.1, 0.15) is 73.6 Å². The monoisotopic (exact) mass is 368 g/mol. The van der Waals surface area contributed by atoms with Crippen molar-refractivity contribution in [3.05, 3.63) is 46.6 Å². The molecule has 0 rings (SSSR count). The second-order valence-corrected chi connectivity index (χ2v) is 8.88. The Morgan fingerprint density at radius 3 is 1.76 bits per heavy atom. The van der Waals surface area contributed by atoms with Gasteiger partial charge >= 0.3 is 0 Å². The van der Waals surface area contributed by atoms with Crippen LogP contribution < -0.4 is 0 Å². The summed E-state index contributed by atoms with van der Waals surface area (Å²) in [5.41, 5.74) is 5.03. The molecular weight excluding hydrogens is 332 g/mol. The molecule has 0 aromatic rings. The Hall–Kier alpha value is -1.13. The van der Waals surface area contributed by atoms with Crippen LogP contribution in [0, 0.1) is 0 Å². The molecule has 25 heavy (non-hydrogen) atoms. The molecule has 0 aliphatic heterocycles. The van der Waals surface area contributed by atoms with Crippen molar-refractivity contribution >= 4 is 10.1 Å². The summed E-state index contributed by atoms with van der Waals surface area (Å²) in [5.74, 6) is 0. The summed E-state index contributed by atoms with van der Waals surface area (Å²) in [6.45, 7) is 12.5. The molecule has 0 aliphatic carbocycles. The topological polar surface area (TPSA) is 43.4 Å². The third-order valence-corrected chi connectivity index (χ3v) is 4.25. The first kappa shape index (κ1) is 23.9. The molecule has 0 amide bonds. The molecule has 0 heterocycles. The summed E-state index contributed by atoms with van der Waals surface area (Å²) in [5, 5.41) is 0. The summed E-state index contributed by atoms with van der Waals surface area (Å²) in [6, 6.07) is 0. The smallest absolute Gasteiger partial charge is 0.262 e. The van der Waals surface area contributed by atoms with Crippen LogP contribution in [0.4, 0.5) is 0 Å². The highest BCUT2D eigenvalue weighted by molar-refractivity contribution is 7.86. The Morgan fingerprint density at radius 1 is 0.840 bits per heavy atom. The summed E-state index contributed by atoms with van der Waals surface area (Å²) in [7, 11) is -3.47. The SMILES string of the molecule is CC(C)=CCC/C(C)=C/CC(/C=C(\C)CCC=C(C)C)OS(C)(=O)=O. The largest absolute Gasteiger partial charge is 0.264 e. The molecule has 0 aliphatic rings. The molecule has 0 bridgehead atoms. The van der Waals surface area contributed by atoms with Crippen LogP contribution in [0.25, 0.3) is 0 Å². The zero-order valence-electron chi connectivity index (χ0n) is 17.1. The predicted octanol–water partition coefficient (Wildman–Crippen LogP) is 6.11. The molecule has 3 nitrogen and oxygen atoms in total. The van der Waals surface area contributed by atoms with Crippen molar-refractivity contribution in [2.45, 2.75) is 79.8 Å². The third kappa shape index (κ3) is 16.1. The van der Waals surface area contributed by atoms with E-state index in [4.69, 9.17) is 4.18 Å². The number of rotatable bonds is 11. The maximum Gasteiger partial charge on any atom is 0.264 e. The second kappa shape index (κ2) is 12.3. The first-order valence-electron chi connectivity index (χ1n) is 8.97. The quantitative estimate of drug-likeness (QED) is 0.326. The van der Waals surface area contributed by atoms with Gasteiger partial charge in [-0.2, -0.15) is 8.42 Å². The molecule has 0 radical (unpaired) electrons. The Balaban J connectivity index is 4.87. The maximum atomic E-state index is 11.5. The Bertz CT molecular complexity index is 612. The average molecular weight is 369 g/mol. The van der Waals surface area contributed by atoms with Crippen molar-refractivity contribution in [1.82, 2.24) is 0 Å². The normalized spacial score (nSPS) is 14.2. The van der Waals surface area contributed by atoms with E-state index in [-0.39, 0.29) is 0 Å². The molecule has 144 valence electrons. The summed E-state index contributed by atoms with van der Waals surface area (Å²) >= 11 is 0. The fourth-order valence-electron chi connectivity index (χ4n) is 2.36. The lowest BCUT2D eigenvalue weighted by molar-refractivity contribution is 0.260. The minimum atomic E-state index is -3.47. The molecule has 0 N–H and O–H groups in total. The lowest BCUT2D eigenvalue weighted by atomic mass is 10.0. The Labute approximate surface area is 155 Å². The van der Waals surface area contributed by atoms with Crippen molar-refractivity contribution in [3.8, 4) is 0 Å². The summed E-state index contributed by atoms with van der Waals surface area (Å²) in [4.78, 5) is 0. The Kier molecular flexibility index (Phi) is 11.7. The van der Waals surface area contributed by atoms with Gasteiger partial charge in [-0.15, -0.1) is 0 Å². The van der Waals surface area contributed by atoms with Crippen LogP contribution in [0.3, 0.4) is 0 Å². The van der Waals surface area contributed by atoms with E-state index in [1.807, 2.05) is 13.0 Å². The van der Waals surface area contributed by atoms with E-state index in [0.29, 0.717) is 6.42 Å². The van der Waals surface area contributed by atoms with Gasteiger partial charge in [0.25, 0.3) is 10.1 Å². The van der Waals surface area contributed by atoms with Crippen molar-refractivity contribution in [2.75, 3.05) is 6.26 Å². The summed E-state index contributed by atoms with van der Waals surface area (Å²) in [6.07, 6.45) is 13.6. The molecule has 0 saturated carbocycles. The van der Waals surface area contributed by atoms with Gasteiger partial charge in [0.05, 0.1) is 12.4 Å². The molecule has 0 aromatic carbocycles. The molecule has 0 saturated heterocycles. The van der Waals surface area contributed by atoms with E-state index in [2.05, 4.69) is 52.8 Å². The molecular formula is C21H36O3S. The van der Waals surface area contributed by atoms with Crippen LogP contribution in [0.5, 0.6) is 0 Å². The van der Waals surface area contributed by atoms with Crippen molar-refractivity contribution in [3.63, 3.8) is 0 Å². The lowest BCUT2D eigenvalue weighted by Gasteiger charge is -2.13. The first-order valence-corrected chi connectivity index (χ1v) is 10.8. The molecule has 1 atom stereocenters. The van der Waals surface area contributed by atoms with E-state index < -0.39 is 16.2 Å². The van der Waals surface area contributed by atoms with E-state index in [9.17, 15) is 8.42 Å². The highest BCUT2D eigenvalue weighted by atomic mass is 32.2. The zero-order valence-corrected chi connectivity index (χ0v) is 17.9. The van der Waals surface area contributed by atoms with Crippen LogP contribution in [0.15, 0.2) is 46.6 Å². The number of hydrogen-bond donors (Lipinski definition) is 0. The first-order chi connectivity index (χ1) is 11.5. The van der Waals surface area contributed by atoms with E-state index in [0.717, 1.165) is 37.5 Å². The minimum Gasteiger partial charge on any atom is -0.262 e. The number of allylic oxidation sites excluding steroid dienone is 6. The highest BCUT2D eigenvalue weighted by Gasteiger charge is 2.12. The van der Waals surface area contributed by atoms with Gasteiger partial charge in [0.2, 0.25) is 0 Å². The van der Waals surface area contributed by atoms with E-state index in [1.165, 1.54) is 16.7 Å². The van der Waals surface area contributed by atoms with E-state index >= 15 is 0 Å². The fourth-order valence-corrected chi connectivity index (χ4v) is 2.94. The Morgan fingerprint density at radius 2 is 1.32 bits per heavy atom. The van der Waals surface area contributed by atoms with Crippen LogP contribution in [-0.4, -0.2) is 20.8 Å². The lowest BCUT2D eigenvalue weighted by Crippen LogP contribution is -2.15. The molecule has 0 spiro atoms. The van der Waals surface area contributed by atoms with Crippen LogP contribution in [-0.2, 0) is 14.3 Å². The van der Waals surface area contributed by atoms with Gasteiger partial charge in [-0.3, -0.25) is 4.18 Å². The molecule has 0 aromatic heterocycles. The van der Waals surface area contributed by atoms with Crippen LogP contribution in [0.2, 0.25) is 0 Å². The van der Waals surface area contributed by atoms with Crippen molar-refractivity contribution < 1.29 is 12.6 Å². The average Bonchev–Trinajstić information content (AvgIpc) is 2.42. The van der Waals surface area contributed by atoms with Crippen molar-refractivity contribution in [2.24, 2.45) is 0 Å².